The number of hydrogen-bond acceptors (Lipinski definition) is 7. The molecule has 0 unspecified atom stereocenters. The standard InChI is InChI=1S/C30H30ClN3O5S/c1-3-38-25-15-13-23(14-16-25)32-28(36)26-19-27(35)34(18-17-20-5-9-22(31)10-6-20)30(40-26)33-24-11-7-21(8-12-24)29(37)39-4-2/h5-16,26H,3-4,17-19H2,1-2H3,(H,32,36)/t26-/m0/s1. The summed E-state index contributed by atoms with van der Waals surface area (Å²) in [4.78, 5) is 44.8. The topological polar surface area (TPSA) is 97.3 Å². The Morgan fingerprint density at radius 3 is 2.35 bits per heavy atom. The fourth-order valence-electron chi connectivity index (χ4n) is 3.97. The lowest BCUT2D eigenvalue weighted by molar-refractivity contribution is -0.129. The normalized spacial score (nSPS) is 16.1. The third-order valence-electron chi connectivity index (χ3n) is 6.01. The van der Waals surface area contributed by atoms with Gasteiger partial charge in [-0.2, -0.15) is 0 Å². The van der Waals surface area contributed by atoms with Crippen LogP contribution in [0.3, 0.4) is 0 Å². The molecular formula is C30H30ClN3O5S. The first-order valence-corrected chi connectivity index (χ1v) is 14.2. The van der Waals surface area contributed by atoms with Crippen LogP contribution in [0.4, 0.5) is 11.4 Å². The lowest BCUT2D eigenvalue weighted by Gasteiger charge is -2.32. The van der Waals surface area contributed by atoms with Crippen LogP contribution >= 0.6 is 23.4 Å². The van der Waals surface area contributed by atoms with E-state index in [9.17, 15) is 14.4 Å². The van der Waals surface area contributed by atoms with Crippen molar-refractivity contribution in [3.8, 4) is 5.75 Å². The van der Waals surface area contributed by atoms with Crippen LogP contribution in [-0.4, -0.2) is 52.9 Å². The van der Waals surface area contributed by atoms with Gasteiger partial charge in [0.25, 0.3) is 0 Å². The summed E-state index contributed by atoms with van der Waals surface area (Å²) < 4.78 is 10.5. The summed E-state index contributed by atoms with van der Waals surface area (Å²) >= 11 is 7.25. The van der Waals surface area contributed by atoms with E-state index in [4.69, 9.17) is 26.1 Å². The van der Waals surface area contributed by atoms with Crippen LogP contribution in [0.25, 0.3) is 0 Å². The molecule has 1 heterocycles. The quantitative estimate of drug-likeness (QED) is 0.291. The summed E-state index contributed by atoms with van der Waals surface area (Å²) in [5.74, 6) is -0.186. The van der Waals surface area contributed by atoms with E-state index in [-0.39, 0.29) is 24.8 Å². The SMILES string of the molecule is CCOC(=O)c1ccc(N=C2S[C@H](C(=O)Nc3ccc(OCC)cc3)CC(=O)N2CCc2ccc(Cl)cc2)cc1. The van der Waals surface area contributed by atoms with E-state index in [0.29, 0.717) is 52.5 Å². The van der Waals surface area contributed by atoms with Gasteiger partial charge in [-0.25, -0.2) is 9.79 Å². The zero-order valence-electron chi connectivity index (χ0n) is 22.3. The van der Waals surface area contributed by atoms with E-state index in [1.807, 2.05) is 31.2 Å². The number of aliphatic imine (C=N–C) groups is 1. The molecule has 0 aliphatic carbocycles. The molecule has 1 aliphatic rings. The first kappa shape index (κ1) is 29.2. The summed E-state index contributed by atoms with van der Waals surface area (Å²) in [5.41, 5.74) is 2.59. The number of nitrogens with one attached hydrogen (secondary N) is 1. The molecule has 8 nitrogen and oxygen atoms in total. The molecule has 1 aliphatic heterocycles. The molecule has 1 fully saturated rings. The number of anilines is 1. The number of ether oxygens (including phenoxy) is 2. The highest BCUT2D eigenvalue weighted by molar-refractivity contribution is 8.15. The van der Waals surface area contributed by atoms with E-state index in [1.165, 1.54) is 11.8 Å². The number of thioether (sulfide) groups is 1. The van der Waals surface area contributed by atoms with Crippen LogP contribution in [0.1, 0.15) is 36.2 Å². The van der Waals surface area contributed by atoms with Crippen LogP contribution in [0.5, 0.6) is 5.75 Å². The highest BCUT2D eigenvalue weighted by Crippen LogP contribution is 2.30. The second-order valence-electron chi connectivity index (χ2n) is 8.84. The van der Waals surface area contributed by atoms with Gasteiger partial charge >= 0.3 is 5.97 Å². The Hall–Kier alpha value is -3.82. The number of rotatable bonds is 10. The molecule has 3 aromatic carbocycles. The summed E-state index contributed by atoms with van der Waals surface area (Å²) in [6, 6.07) is 21.2. The van der Waals surface area contributed by atoms with Crippen LogP contribution in [0, 0.1) is 0 Å². The molecule has 4 rings (SSSR count). The van der Waals surface area contributed by atoms with Gasteiger partial charge in [0.05, 0.1) is 24.5 Å². The van der Waals surface area contributed by atoms with Gasteiger partial charge in [0.1, 0.15) is 11.0 Å². The van der Waals surface area contributed by atoms with Crippen molar-refractivity contribution < 1.29 is 23.9 Å². The van der Waals surface area contributed by atoms with Crippen molar-refractivity contribution in [1.82, 2.24) is 4.90 Å². The Labute approximate surface area is 242 Å². The molecule has 10 heteroatoms. The van der Waals surface area contributed by atoms with Crippen molar-refractivity contribution >= 4 is 57.7 Å². The van der Waals surface area contributed by atoms with Gasteiger partial charge < -0.3 is 14.8 Å². The third-order valence-corrected chi connectivity index (χ3v) is 7.45. The number of benzene rings is 3. The van der Waals surface area contributed by atoms with Crippen LogP contribution in [0.15, 0.2) is 77.8 Å². The highest BCUT2D eigenvalue weighted by atomic mass is 35.5. The Morgan fingerprint density at radius 1 is 1.00 bits per heavy atom. The Bertz CT molecular complexity index is 1360. The summed E-state index contributed by atoms with van der Waals surface area (Å²) in [5, 5.41) is 3.29. The molecule has 0 aromatic heterocycles. The lowest BCUT2D eigenvalue weighted by Crippen LogP contribution is -2.46. The van der Waals surface area contributed by atoms with Crippen molar-refractivity contribution in [3.63, 3.8) is 0 Å². The average molecular weight is 580 g/mol. The molecule has 3 aromatic rings. The molecule has 40 heavy (non-hydrogen) atoms. The maximum Gasteiger partial charge on any atom is 0.338 e. The predicted octanol–water partition coefficient (Wildman–Crippen LogP) is 6.12. The van der Waals surface area contributed by atoms with Crippen molar-refractivity contribution in [2.24, 2.45) is 4.99 Å². The molecule has 0 spiro atoms. The first-order chi connectivity index (χ1) is 19.4. The van der Waals surface area contributed by atoms with E-state index in [1.54, 1.807) is 60.4 Å². The minimum absolute atomic E-state index is 0.0367. The van der Waals surface area contributed by atoms with E-state index >= 15 is 0 Å². The van der Waals surface area contributed by atoms with Gasteiger partial charge in [-0.1, -0.05) is 35.5 Å². The van der Waals surface area contributed by atoms with Gasteiger partial charge in [-0.15, -0.1) is 0 Å². The number of esters is 1. The first-order valence-electron chi connectivity index (χ1n) is 13.0. The van der Waals surface area contributed by atoms with Crippen LogP contribution in [0.2, 0.25) is 5.02 Å². The van der Waals surface area contributed by atoms with Crippen LogP contribution < -0.4 is 10.1 Å². The highest BCUT2D eigenvalue weighted by Gasteiger charge is 2.35. The molecule has 2 amide bonds. The van der Waals surface area contributed by atoms with E-state index in [2.05, 4.69) is 5.32 Å². The smallest absolute Gasteiger partial charge is 0.338 e. The minimum Gasteiger partial charge on any atom is -0.494 e. The maximum absolute atomic E-state index is 13.3. The Morgan fingerprint density at radius 2 is 1.70 bits per heavy atom. The van der Waals surface area contributed by atoms with E-state index < -0.39 is 11.2 Å². The molecule has 208 valence electrons. The molecule has 1 saturated heterocycles. The van der Waals surface area contributed by atoms with Crippen molar-refractivity contribution in [2.45, 2.75) is 31.9 Å². The monoisotopic (exact) mass is 579 g/mol. The fraction of sp³-hybridized carbons (Fsp3) is 0.267. The molecule has 1 atom stereocenters. The average Bonchev–Trinajstić information content (AvgIpc) is 2.95. The number of carbonyl (C=O) groups excluding carboxylic acids is 3. The number of hydrogen-bond donors (Lipinski definition) is 1. The fourth-order valence-corrected chi connectivity index (χ4v) is 5.22. The number of nitrogens with zero attached hydrogens (tertiary/aromatic N) is 2. The molecular weight excluding hydrogens is 550 g/mol. The van der Waals surface area contributed by atoms with E-state index in [0.717, 1.165) is 5.56 Å². The third kappa shape index (κ3) is 7.86. The van der Waals surface area contributed by atoms with Gasteiger partial charge in [-0.05, 0) is 86.5 Å². The Balaban J connectivity index is 1.53. The molecule has 1 N–H and O–H groups in total. The van der Waals surface area contributed by atoms with Crippen molar-refractivity contribution in [3.05, 3.63) is 88.9 Å². The van der Waals surface area contributed by atoms with Crippen LogP contribution in [-0.2, 0) is 20.7 Å². The minimum atomic E-state index is -0.664. The summed E-state index contributed by atoms with van der Waals surface area (Å²) in [6.45, 7) is 4.87. The number of amidine groups is 1. The molecule has 0 bridgehead atoms. The zero-order chi connectivity index (χ0) is 28.5. The lowest BCUT2D eigenvalue weighted by atomic mass is 10.1. The Kier molecular flexibility index (Phi) is 10.2. The van der Waals surface area contributed by atoms with Crippen molar-refractivity contribution in [2.75, 3.05) is 25.1 Å². The molecule has 0 saturated carbocycles. The summed E-state index contributed by atoms with van der Waals surface area (Å²) in [7, 11) is 0. The number of amides is 2. The summed E-state index contributed by atoms with van der Waals surface area (Å²) in [6.07, 6.45) is 0.627. The largest absolute Gasteiger partial charge is 0.494 e. The number of halogens is 1. The van der Waals surface area contributed by atoms with Crippen molar-refractivity contribution in [1.29, 1.82) is 0 Å². The zero-order valence-corrected chi connectivity index (χ0v) is 23.8. The van der Waals surface area contributed by atoms with Gasteiger partial charge in [0.15, 0.2) is 5.17 Å². The second-order valence-corrected chi connectivity index (χ2v) is 10.4. The maximum atomic E-state index is 13.3. The predicted molar refractivity (Wildman–Crippen MR) is 159 cm³/mol. The second kappa shape index (κ2) is 14.0. The molecule has 0 radical (unpaired) electrons. The van der Waals surface area contributed by atoms with Gasteiger partial charge in [0, 0.05) is 23.7 Å². The van der Waals surface area contributed by atoms with Gasteiger partial charge in [-0.3, -0.25) is 14.5 Å². The van der Waals surface area contributed by atoms with Gasteiger partial charge in [0.2, 0.25) is 11.8 Å². The number of carbonyl (C=O) groups is 3.